The van der Waals surface area contributed by atoms with Gasteiger partial charge in [0, 0.05) is 0 Å². The molecule has 1 aromatic heterocycles. The molecule has 0 aliphatic rings. The number of nitrogen functional groups attached to an aromatic ring is 1. The number of hydrogen-bond acceptors (Lipinski definition) is 9. The molecule has 9 nitrogen and oxygen atoms in total. The topological polar surface area (TPSA) is 121 Å². The number of nitrogens with one attached hydrogen (secondary N) is 1. The minimum atomic E-state index is -0.309. The molecular formula is C26H33N5O4S. The van der Waals surface area contributed by atoms with E-state index in [-0.39, 0.29) is 12.3 Å². The molecule has 0 unspecified atom stereocenters. The van der Waals surface area contributed by atoms with Gasteiger partial charge >= 0.3 is 0 Å². The van der Waals surface area contributed by atoms with Crippen molar-refractivity contribution in [1.82, 2.24) is 15.6 Å². The first-order chi connectivity index (χ1) is 17.6. The second-order valence-electron chi connectivity index (χ2n) is 8.07. The van der Waals surface area contributed by atoms with Crippen LogP contribution in [0.5, 0.6) is 17.2 Å². The van der Waals surface area contributed by atoms with Crippen LogP contribution in [-0.4, -0.2) is 42.6 Å². The summed E-state index contributed by atoms with van der Waals surface area (Å²) < 4.78 is 17.1. The van der Waals surface area contributed by atoms with Crippen molar-refractivity contribution in [3.05, 3.63) is 58.6 Å². The first-order valence-corrected chi connectivity index (χ1v) is 12.8. The van der Waals surface area contributed by atoms with Crippen molar-refractivity contribution < 1.29 is 19.0 Å². The quantitative estimate of drug-likeness (QED) is 0.176. The standard InChI is InChI=1S/C26H33N5O4S/c1-3-4-5-6-7-19-8-11-21(12-9-19)34-14-15-35-22-13-10-20(16-23(22)33-2)18-28-29-24(32)17-25-30-31-26(27)36-25/h8-13,16,18H,3-7,14-15,17H2,1-2H3,(H2,27,31)(H,29,32)/b28-18-. The molecule has 0 spiro atoms. The Hall–Kier alpha value is -3.66. The van der Waals surface area contributed by atoms with Crippen LogP contribution < -0.4 is 25.4 Å². The summed E-state index contributed by atoms with van der Waals surface area (Å²) >= 11 is 1.17. The van der Waals surface area contributed by atoms with Gasteiger partial charge in [0.25, 0.3) is 0 Å². The van der Waals surface area contributed by atoms with Gasteiger partial charge in [-0.2, -0.15) is 5.10 Å². The third kappa shape index (κ3) is 9.18. The van der Waals surface area contributed by atoms with Gasteiger partial charge in [0.15, 0.2) is 11.5 Å². The van der Waals surface area contributed by atoms with E-state index in [9.17, 15) is 4.79 Å². The lowest BCUT2D eigenvalue weighted by Gasteiger charge is -2.12. The molecule has 3 rings (SSSR count). The number of carbonyl (C=O) groups is 1. The smallest absolute Gasteiger partial charge is 0.247 e. The van der Waals surface area contributed by atoms with Crippen LogP contribution in [0.3, 0.4) is 0 Å². The number of amides is 1. The molecule has 10 heteroatoms. The summed E-state index contributed by atoms with van der Waals surface area (Å²) in [7, 11) is 1.57. The predicted octanol–water partition coefficient (Wildman–Crippen LogP) is 4.40. The number of rotatable bonds is 15. The average molecular weight is 512 g/mol. The lowest BCUT2D eigenvalue weighted by molar-refractivity contribution is -0.120. The van der Waals surface area contributed by atoms with E-state index < -0.39 is 0 Å². The Bertz CT molecular complexity index is 1120. The molecule has 0 aliphatic carbocycles. The number of methoxy groups -OCH3 is 1. The molecule has 192 valence electrons. The maximum absolute atomic E-state index is 11.9. The number of unbranched alkanes of at least 4 members (excludes halogenated alkanes) is 3. The maximum atomic E-state index is 11.9. The van der Waals surface area contributed by atoms with Crippen LogP contribution in [0.25, 0.3) is 0 Å². The normalized spacial score (nSPS) is 10.9. The second kappa shape index (κ2) is 14.7. The fourth-order valence-corrected chi connectivity index (χ4v) is 4.00. The summed E-state index contributed by atoms with van der Waals surface area (Å²) in [5.41, 5.74) is 10.1. The molecule has 2 aromatic carbocycles. The fourth-order valence-electron chi connectivity index (χ4n) is 3.40. The van der Waals surface area contributed by atoms with Crippen LogP contribution >= 0.6 is 11.3 Å². The summed E-state index contributed by atoms with van der Waals surface area (Å²) in [6.07, 6.45) is 7.75. The number of hydrazone groups is 1. The average Bonchev–Trinajstić information content (AvgIpc) is 3.30. The largest absolute Gasteiger partial charge is 0.493 e. The van der Waals surface area contributed by atoms with Crippen molar-refractivity contribution in [1.29, 1.82) is 0 Å². The van der Waals surface area contributed by atoms with Crippen LogP contribution in [0, 0.1) is 0 Å². The predicted molar refractivity (Wildman–Crippen MR) is 142 cm³/mol. The Morgan fingerprint density at radius 2 is 1.86 bits per heavy atom. The van der Waals surface area contributed by atoms with Crippen molar-refractivity contribution in [2.75, 3.05) is 26.1 Å². The number of nitrogens with two attached hydrogens (primary N) is 1. The van der Waals surface area contributed by atoms with E-state index in [2.05, 4.69) is 39.8 Å². The van der Waals surface area contributed by atoms with Crippen molar-refractivity contribution in [3.63, 3.8) is 0 Å². The summed E-state index contributed by atoms with van der Waals surface area (Å²) in [5.74, 6) is 1.67. The first-order valence-electron chi connectivity index (χ1n) is 12.0. The van der Waals surface area contributed by atoms with Crippen LogP contribution in [0.4, 0.5) is 5.13 Å². The SMILES string of the molecule is CCCCCCc1ccc(OCCOc2ccc(/C=N\NC(=O)Cc3nnc(N)s3)cc2OC)cc1. The first kappa shape index (κ1) is 26.9. The number of ether oxygens (including phenoxy) is 3. The molecule has 0 saturated carbocycles. The van der Waals surface area contributed by atoms with Crippen molar-refractivity contribution >= 4 is 28.6 Å². The van der Waals surface area contributed by atoms with Crippen LogP contribution in [0.2, 0.25) is 0 Å². The van der Waals surface area contributed by atoms with E-state index in [0.29, 0.717) is 34.9 Å². The minimum Gasteiger partial charge on any atom is -0.493 e. The molecule has 36 heavy (non-hydrogen) atoms. The Morgan fingerprint density at radius 1 is 1.06 bits per heavy atom. The van der Waals surface area contributed by atoms with E-state index in [4.69, 9.17) is 19.9 Å². The molecule has 0 aliphatic heterocycles. The number of aryl methyl sites for hydroxylation is 1. The Balaban J connectivity index is 1.40. The number of hydrogen-bond donors (Lipinski definition) is 2. The van der Waals surface area contributed by atoms with Crippen LogP contribution in [-0.2, 0) is 17.6 Å². The van der Waals surface area contributed by atoms with Gasteiger partial charge < -0.3 is 19.9 Å². The van der Waals surface area contributed by atoms with Crippen molar-refractivity contribution in [2.45, 2.75) is 45.4 Å². The molecular weight excluding hydrogens is 478 g/mol. The molecule has 0 fully saturated rings. The molecule has 0 radical (unpaired) electrons. The zero-order chi connectivity index (χ0) is 25.6. The third-order valence-electron chi connectivity index (χ3n) is 5.24. The van der Waals surface area contributed by atoms with Gasteiger partial charge in [-0.25, -0.2) is 5.43 Å². The maximum Gasteiger partial charge on any atom is 0.247 e. The minimum absolute atomic E-state index is 0.0631. The zero-order valence-electron chi connectivity index (χ0n) is 20.7. The third-order valence-corrected chi connectivity index (χ3v) is 5.99. The fraction of sp³-hybridized carbons (Fsp3) is 0.385. The highest BCUT2D eigenvalue weighted by atomic mass is 32.1. The lowest BCUT2D eigenvalue weighted by atomic mass is 10.1. The number of aromatic nitrogens is 2. The van der Waals surface area contributed by atoms with Gasteiger partial charge in [-0.1, -0.05) is 49.7 Å². The second-order valence-corrected chi connectivity index (χ2v) is 9.16. The van der Waals surface area contributed by atoms with Crippen LogP contribution in [0.15, 0.2) is 47.6 Å². The Kier molecular flexibility index (Phi) is 11.0. The van der Waals surface area contributed by atoms with Crippen molar-refractivity contribution in [2.24, 2.45) is 5.10 Å². The lowest BCUT2D eigenvalue weighted by Crippen LogP contribution is -2.19. The number of carbonyl (C=O) groups excluding carboxylic acids is 1. The number of nitrogens with zero attached hydrogens (tertiary/aromatic N) is 3. The monoisotopic (exact) mass is 511 g/mol. The summed E-state index contributed by atoms with van der Waals surface area (Å²) in [5, 5.41) is 12.3. The molecule has 0 bridgehead atoms. The summed E-state index contributed by atoms with van der Waals surface area (Å²) in [6.45, 7) is 3.01. The van der Waals surface area contributed by atoms with Gasteiger partial charge in [0.1, 0.15) is 24.0 Å². The molecule has 1 heterocycles. The molecule has 0 saturated heterocycles. The highest BCUT2D eigenvalue weighted by Crippen LogP contribution is 2.27. The molecule has 1 amide bonds. The van der Waals surface area contributed by atoms with Crippen molar-refractivity contribution in [3.8, 4) is 17.2 Å². The molecule has 3 N–H and O–H groups in total. The zero-order valence-corrected chi connectivity index (χ0v) is 21.6. The highest BCUT2D eigenvalue weighted by molar-refractivity contribution is 7.15. The van der Waals surface area contributed by atoms with Gasteiger partial charge in [-0.15, -0.1) is 10.2 Å². The summed E-state index contributed by atoms with van der Waals surface area (Å²) in [4.78, 5) is 11.9. The molecule has 3 aromatic rings. The van der Waals surface area contributed by atoms with E-state index >= 15 is 0 Å². The summed E-state index contributed by atoms with van der Waals surface area (Å²) in [6, 6.07) is 13.6. The Labute approximate surface area is 215 Å². The van der Waals surface area contributed by atoms with Gasteiger partial charge in [0.05, 0.1) is 19.7 Å². The Morgan fingerprint density at radius 3 is 2.58 bits per heavy atom. The van der Waals surface area contributed by atoms with E-state index in [1.54, 1.807) is 19.2 Å². The van der Waals surface area contributed by atoms with Crippen LogP contribution in [0.1, 0.15) is 48.7 Å². The van der Waals surface area contributed by atoms with E-state index in [0.717, 1.165) is 17.7 Å². The van der Waals surface area contributed by atoms with Gasteiger partial charge in [-0.3, -0.25) is 4.79 Å². The highest BCUT2D eigenvalue weighted by Gasteiger charge is 2.08. The van der Waals surface area contributed by atoms with Gasteiger partial charge in [0.2, 0.25) is 11.0 Å². The van der Waals surface area contributed by atoms with E-state index in [1.165, 1.54) is 48.8 Å². The number of benzene rings is 2. The van der Waals surface area contributed by atoms with E-state index in [1.807, 2.05) is 18.2 Å². The van der Waals surface area contributed by atoms with Gasteiger partial charge in [-0.05, 0) is 54.3 Å². The molecule has 0 atom stereocenters. The number of anilines is 1.